The van der Waals surface area contributed by atoms with Gasteiger partial charge in [-0.05, 0) is 0 Å². The van der Waals surface area contributed by atoms with E-state index in [1.54, 1.807) is 7.11 Å². The molecule has 0 atom stereocenters. The number of alkyl halides is 2. The summed E-state index contributed by atoms with van der Waals surface area (Å²) in [6.45, 7) is 0. The van der Waals surface area contributed by atoms with Crippen LogP contribution in [-0.4, -0.2) is 18.8 Å². The van der Waals surface area contributed by atoms with Crippen LogP contribution in [0, 0.1) is 0 Å². The van der Waals surface area contributed by atoms with E-state index < -0.39 is 0 Å². The van der Waals surface area contributed by atoms with Crippen LogP contribution in [0.25, 0.3) is 0 Å². The molecular formula is C11H12Cl2O2. The highest BCUT2D eigenvalue weighted by atomic mass is 35.5. The summed E-state index contributed by atoms with van der Waals surface area (Å²) >= 11 is 11.2. The third-order valence-electron chi connectivity index (χ3n) is 2.06. The van der Waals surface area contributed by atoms with Gasteiger partial charge in [0.2, 0.25) is 0 Å². The smallest absolute Gasteiger partial charge is 0.152 e. The van der Waals surface area contributed by atoms with Gasteiger partial charge in [-0.15, -0.1) is 23.2 Å². The second-order valence-corrected chi connectivity index (χ2v) is 3.63. The second kappa shape index (κ2) is 5.99. The van der Waals surface area contributed by atoms with Crippen molar-refractivity contribution in [2.24, 2.45) is 0 Å². The number of Topliss-reactive ketones (excluding diaryl/α,β-unsaturated/α-hetero) is 1. The van der Waals surface area contributed by atoms with Gasteiger partial charge in [0, 0.05) is 17.5 Å². The molecule has 0 aliphatic carbocycles. The number of halogens is 2. The maximum atomic E-state index is 11.2. The molecule has 0 aliphatic rings. The Labute approximate surface area is 99.1 Å². The maximum absolute atomic E-state index is 11.2. The minimum Gasteiger partial charge on any atom is -0.496 e. The van der Waals surface area contributed by atoms with Crippen LogP contribution in [-0.2, 0) is 17.1 Å². The number of ketones is 1. The van der Waals surface area contributed by atoms with Gasteiger partial charge in [0.05, 0.1) is 18.9 Å². The first kappa shape index (κ1) is 12.3. The van der Waals surface area contributed by atoms with Crippen LogP contribution >= 0.6 is 23.2 Å². The largest absolute Gasteiger partial charge is 0.496 e. The number of para-hydroxylation sites is 1. The van der Waals surface area contributed by atoms with Crippen LogP contribution in [0.3, 0.4) is 0 Å². The van der Waals surface area contributed by atoms with E-state index in [0.29, 0.717) is 11.6 Å². The molecule has 0 heterocycles. The van der Waals surface area contributed by atoms with Gasteiger partial charge in [-0.2, -0.15) is 0 Å². The van der Waals surface area contributed by atoms with Crippen molar-refractivity contribution in [2.75, 3.05) is 13.0 Å². The van der Waals surface area contributed by atoms with Crippen molar-refractivity contribution in [3.63, 3.8) is 0 Å². The fraction of sp³-hybridized carbons (Fsp3) is 0.364. The van der Waals surface area contributed by atoms with E-state index in [1.807, 2.05) is 18.2 Å². The molecule has 0 fully saturated rings. The summed E-state index contributed by atoms with van der Waals surface area (Å²) in [6, 6.07) is 5.58. The van der Waals surface area contributed by atoms with Crippen LogP contribution in [0.1, 0.15) is 11.1 Å². The number of methoxy groups -OCH3 is 1. The van der Waals surface area contributed by atoms with E-state index in [4.69, 9.17) is 27.9 Å². The summed E-state index contributed by atoms with van der Waals surface area (Å²) in [5.74, 6) is 1.05. The van der Waals surface area contributed by atoms with Crippen molar-refractivity contribution in [3.8, 4) is 5.75 Å². The Bertz CT molecular complexity index is 350. The van der Waals surface area contributed by atoms with E-state index >= 15 is 0 Å². The van der Waals surface area contributed by atoms with Crippen LogP contribution in [0.4, 0.5) is 0 Å². The van der Waals surface area contributed by atoms with Gasteiger partial charge < -0.3 is 4.74 Å². The molecule has 0 amide bonds. The Hall–Kier alpha value is -0.730. The van der Waals surface area contributed by atoms with Gasteiger partial charge in [0.25, 0.3) is 0 Å². The summed E-state index contributed by atoms with van der Waals surface area (Å²) in [6.07, 6.45) is 0.289. The number of ether oxygens (including phenoxy) is 1. The van der Waals surface area contributed by atoms with Crippen LogP contribution in [0.15, 0.2) is 18.2 Å². The Kier molecular flexibility index (Phi) is 4.92. The topological polar surface area (TPSA) is 26.3 Å². The zero-order chi connectivity index (χ0) is 11.3. The SMILES string of the molecule is COc1c(CCl)cccc1CC(=O)CCl. The normalized spacial score (nSPS) is 10.1. The minimum absolute atomic E-state index is 0.0221. The van der Waals surface area contributed by atoms with Crippen LogP contribution < -0.4 is 4.74 Å². The van der Waals surface area contributed by atoms with Crippen LogP contribution in [0.2, 0.25) is 0 Å². The summed E-state index contributed by atoms with van der Waals surface area (Å²) in [5.41, 5.74) is 1.72. The molecule has 0 unspecified atom stereocenters. The van der Waals surface area contributed by atoms with E-state index in [2.05, 4.69) is 0 Å². The molecule has 82 valence electrons. The zero-order valence-corrected chi connectivity index (χ0v) is 9.94. The predicted molar refractivity (Wildman–Crippen MR) is 62.0 cm³/mol. The predicted octanol–water partition coefficient (Wildman–Crippen LogP) is 2.78. The summed E-state index contributed by atoms with van der Waals surface area (Å²) in [7, 11) is 1.57. The Balaban J connectivity index is 3.00. The first-order valence-electron chi connectivity index (χ1n) is 4.51. The average molecular weight is 247 g/mol. The average Bonchev–Trinajstić information content (AvgIpc) is 2.28. The third kappa shape index (κ3) is 3.11. The number of carbonyl (C=O) groups is 1. The number of hydrogen-bond acceptors (Lipinski definition) is 2. The van der Waals surface area contributed by atoms with Gasteiger partial charge in [-0.3, -0.25) is 4.79 Å². The zero-order valence-electron chi connectivity index (χ0n) is 8.43. The van der Waals surface area contributed by atoms with E-state index in [0.717, 1.165) is 11.1 Å². The summed E-state index contributed by atoms with van der Waals surface area (Å²) in [4.78, 5) is 11.2. The van der Waals surface area contributed by atoms with Crippen molar-refractivity contribution in [3.05, 3.63) is 29.3 Å². The molecule has 1 rings (SSSR count). The molecule has 0 saturated heterocycles. The number of rotatable bonds is 5. The lowest BCUT2D eigenvalue weighted by atomic mass is 10.1. The van der Waals surface area contributed by atoms with E-state index in [1.165, 1.54) is 0 Å². The second-order valence-electron chi connectivity index (χ2n) is 3.09. The summed E-state index contributed by atoms with van der Waals surface area (Å²) < 4.78 is 5.23. The highest BCUT2D eigenvalue weighted by Gasteiger charge is 2.11. The monoisotopic (exact) mass is 246 g/mol. The molecule has 1 aromatic rings. The molecule has 0 bridgehead atoms. The highest BCUT2D eigenvalue weighted by Crippen LogP contribution is 2.25. The van der Waals surface area contributed by atoms with Gasteiger partial charge in [0.15, 0.2) is 5.78 Å². The van der Waals surface area contributed by atoms with Crippen molar-refractivity contribution in [1.29, 1.82) is 0 Å². The molecule has 0 aliphatic heterocycles. The molecule has 2 nitrogen and oxygen atoms in total. The lowest BCUT2D eigenvalue weighted by molar-refractivity contribution is -0.116. The highest BCUT2D eigenvalue weighted by molar-refractivity contribution is 6.27. The summed E-state index contributed by atoms with van der Waals surface area (Å²) in [5, 5.41) is 0. The standard InChI is InChI=1S/C11H12Cl2O2/c1-15-11-8(5-10(14)7-13)3-2-4-9(11)6-12/h2-4H,5-7H2,1H3. The molecule has 1 aromatic carbocycles. The Morgan fingerprint density at radius 3 is 2.53 bits per heavy atom. The van der Waals surface area contributed by atoms with E-state index in [9.17, 15) is 4.79 Å². The minimum atomic E-state index is -0.0262. The number of benzene rings is 1. The van der Waals surface area contributed by atoms with Gasteiger partial charge in [-0.25, -0.2) is 0 Å². The number of carbonyl (C=O) groups excluding carboxylic acids is 1. The Morgan fingerprint density at radius 1 is 1.33 bits per heavy atom. The van der Waals surface area contributed by atoms with Gasteiger partial charge in [0.1, 0.15) is 5.75 Å². The van der Waals surface area contributed by atoms with Gasteiger partial charge >= 0.3 is 0 Å². The quantitative estimate of drug-likeness (QED) is 0.748. The van der Waals surface area contributed by atoms with E-state index in [-0.39, 0.29) is 18.1 Å². The Morgan fingerprint density at radius 2 is 2.00 bits per heavy atom. The molecule has 15 heavy (non-hydrogen) atoms. The molecule has 4 heteroatoms. The molecule has 0 N–H and O–H groups in total. The number of hydrogen-bond donors (Lipinski definition) is 0. The lowest BCUT2D eigenvalue weighted by Crippen LogP contribution is -2.06. The van der Waals surface area contributed by atoms with Gasteiger partial charge in [-0.1, -0.05) is 18.2 Å². The molecule has 0 saturated carbocycles. The maximum Gasteiger partial charge on any atom is 0.152 e. The van der Waals surface area contributed by atoms with Crippen LogP contribution in [0.5, 0.6) is 5.75 Å². The molecule has 0 spiro atoms. The first-order chi connectivity index (χ1) is 7.22. The third-order valence-corrected chi connectivity index (χ3v) is 2.65. The molecule has 0 radical (unpaired) electrons. The van der Waals surface area contributed by atoms with Crippen molar-refractivity contribution >= 4 is 29.0 Å². The molecule has 0 aromatic heterocycles. The van der Waals surface area contributed by atoms with Crippen molar-refractivity contribution < 1.29 is 9.53 Å². The fourth-order valence-corrected chi connectivity index (χ4v) is 1.71. The fourth-order valence-electron chi connectivity index (χ4n) is 1.40. The van der Waals surface area contributed by atoms with Crippen molar-refractivity contribution in [2.45, 2.75) is 12.3 Å². The van der Waals surface area contributed by atoms with Crippen molar-refractivity contribution in [1.82, 2.24) is 0 Å². The molecular weight excluding hydrogens is 235 g/mol. The lowest BCUT2D eigenvalue weighted by Gasteiger charge is -2.10. The first-order valence-corrected chi connectivity index (χ1v) is 5.58.